The molecule has 176 valence electrons. The number of amides is 1. The fraction of sp³-hybridized carbons (Fsp3) is 0.120. The molecule has 0 unspecified atom stereocenters. The van der Waals surface area contributed by atoms with Crippen LogP contribution in [0.3, 0.4) is 0 Å². The highest BCUT2D eigenvalue weighted by atomic mass is 32.2. The number of fused-ring (bicyclic) bond motifs is 3. The highest BCUT2D eigenvalue weighted by Gasteiger charge is 2.24. The van der Waals surface area contributed by atoms with E-state index in [9.17, 15) is 13.2 Å². The van der Waals surface area contributed by atoms with Gasteiger partial charge in [0, 0.05) is 49.0 Å². The van der Waals surface area contributed by atoms with E-state index in [1.54, 1.807) is 54.8 Å². The number of para-hydroxylation sites is 1. The molecular formula is C25H22N6O3S. The van der Waals surface area contributed by atoms with Gasteiger partial charge in [-0.25, -0.2) is 23.1 Å². The number of likely N-dealkylation sites (N-methyl/N-ethyl adjacent to an activating group) is 1. The Morgan fingerprint density at radius 2 is 1.74 bits per heavy atom. The first-order valence-corrected chi connectivity index (χ1v) is 12.4. The zero-order chi connectivity index (χ0) is 24.4. The summed E-state index contributed by atoms with van der Waals surface area (Å²) in [7, 11) is -1.92. The van der Waals surface area contributed by atoms with Gasteiger partial charge in [-0.05, 0) is 48.0 Å². The Kier molecular flexibility index (Phi) is 5.98. The van der Waals surface area contributed by atoms with Crippen molar-refractivity contribution >= 4 is 33.3 Å². The fourth-order valence-electron chi connectivity index (χ4n) is 3.82. The molecule has 4 aromatic rings. The highest BCUT2D eigenvalue weighted by molar-refractivity contribution is 7.89. The summed E-state index contributed by atoms with van der Waals surface area (Å²) in [4.78, 5) is 27.3. The fourth-order valence-corrected chi connectivity index (χ4v) is 4.84. The lowest BCUT2D eigenvalue weighted by atomic mass is 10.1. The zero-order valence-corrected chi connectivity index (χ0v) is 19.7. The van der Waals surface area contributed by atoms with Crippen LogP contribution in [0.5, 0.6) is 0 Å². The monoisotopic (exact) mass is 486 g/mol. The van der Waals surface area contributed by atoms with Crippen LogP contribution in [0.1, 0.15) is 11.1 Å². The molecule has 2 N–H and O–H groups in total. The number of hydrogen-bond acceptors (Lipinski definition) is 7. The zero-order valence-electron chi connectivity index (χ0n) is 18.8. The molecule has 10 heteroatoms. The predicted molar refractivity (Wildman–Crippen MR) is 133 cm³/mol. The summed E-state index contributed by atoms with van der Waals surface area (Å²) in [5.74, 6) is 0.317. The number of aromatic nitrogens is 3. The minimum absolute atomic E-state index is 0.0325. The van der Waals surface area contributed by atoms with Gasteiger partial charge in [0.2, 0.25) is 21.9 Å². The van der Waals surface area contributed by atoms with E-state index < -0.39 is 10.0 Å². The molecule has 0 spiro atoms. The smallest absolute Gasteiger partial charge is 0.240 e. The SMILES string of the molecule is CN1C(=O)Cc2cnc(Nc3ccc(S(=O)(=O)NCc4ccncc4)cc3)nc2-c2ccccc21. The number of carbonyl (C=O) groups excluding carboxylic acids is 1. The lowest BCUT2D eigenvalue weighted by molar-refractivity contribution is -0.117. The van der Waals surface area contributed by atoms with E-state index in [0.29, 0.717) is 17.3 Å². The van der Waals surface area contributed by atoms with Crippen molar-refractivity contribution in [1.29, 1.82) is 0 Å². The number of nitrogens with zero attached hydrogens (tertiary/aromatic N) is 4. The van der Waals surface area contributed by atoms with Gasteiger partial charge < -0.3 is 10.2 Å². The molecule has 5 rings (SSSR count). The van der Waals surface area contributed by atoms with E-state index in [-0.39, 0.29) is 23.8 Å². The standard InChI is InChI=1S/C25H22N6O3S/c1-31-22-5-3-2-4-21(22)24-18(14-23(31)32)16-27-25(30-24)29-19-6-8-20(9-7-19)35(33,34)28-15-17-10-12-26-13-11-17/h2-13,16,28H,14-15H2,1H3,(H,27,29,30). The van der Waals surface area contributed by atoms with E-state index in [1.807, 2.05) is 24.3 Å². The van der Waals surface area contributed by atoms with Crippen molar-refractivity contribution < 1.29 is 13.2 Å². The lowest BCUT2D eigenvalue weighted by Gasteiger charge is -2.16. The van der Waals surface area contributed by atoms with Gasteiger partial charge in [-0.2, -0.15) is 0 Å². The second-order valence-corrected chi connectivity index (χ2v) is 9.81. The number of anilines is 3. The van der Waals surface area contributed by atoms with Gasteiger partial charge in [-0.3, -0.25) is 9.78 Å². The summed E-state index contributed by atoms with van der Waals surface area (Å²) in [6, 6.07) is 17.5. The van der Waals surface area contributed by atoms with Crippen molar-refractivity contribution in [3.05, 3.63) is 90.4 Å². The number of carbonyl (C=O) groups is 1. The molecule has 0 saturated carbocycles. The van der Waals surface area contributed by atoms with Gasteiger partial charge >= 0.3 is 0 Å². The van der Waals surface area contributed by atoms with Crippen molar-refractivity contribution in [3.8, 4) is 11.3 Å². The van der Waals surface area contributed by atoms with Gasteiger partial charge in [0.15, 0.2) is 0 Å². The summed E-state index contributed by atoms with van der Waals surface area (Å²) < 4.78 is 27.9. The summed E-state index contributed by atoms with van der Waals surface area (Å²) in [6.07, 6.45) is 5.09. The minimum Gasteiger partial charge on any atom is -0.324 e. The number of benzene rings is 2. The third kappa shape index (κ3) is 4.75. The molecule has 0 saturated heterocycles. The molecule has 0 aliphatic carbocycles. The first-order chi connectivity index (χ1) is 16.9. The highest BCUT2D eigenvalue weighted by Crippen LogP contribution is 2.35. The van der Waals surface area contributed by atoms with Gasteiger partial charge in [-0.15, -0.1) is 0 Å². The van der Waals surface area contributed by atoms with Crippen LogP contribution in [0.4, 0.5) is 17.3 Å². The normalized spacial score (nSPS) is 13.1. The average Bonchev–Trinajstić information content (AvgIpc) is 2.98. The summed E-state index contributed by atoms with van der Waals surface area (Å²) in [5, 5.41) is 3.12. The van der Waals surface area contributed by atoms with Crippen LogP contribution in [0, 0.1) is 0 Å². The van der Waals surface area contributed by atoms with E-state index in [0.717, 1.165) is 22.4 Å². The van der Waals surface area contributed by atoms with Crippen LogP contribution < -0.4 is 14.9 Å². The lowest BCUT2D eigenvalue weighted by Crippen LogP contribution is -2.26. The van der Waals surface area contributed by atoms with Crippen LogP contribution in [-0.4, -0.2) is 36.3 Å². The second-order valence-electron chi connectivity index (χ2n) is 8.04. The molecule has 0 bridgehead atoms. The first-order valence-electron chi connectivity index (χ1n) is 10.9. The molecule has 1 amide bonds. The number of sulfonamides is 1. The molecule has 3 heterocycles. The molecule has 0 radical (unpaired) electrons. The molecule has 9 nitrogen and oxygen atoms in total. The van der Waals surface area contributed by atoms with Crippen LogP contribution in [0.2, 0.25) is 0 Å². The Morgan fingerprint density at radius 1 is 1.00 bits per heavy atom. The van der Waals surface area contributed by atoms with Crippen LogP contribution >= 0.6 is 0 Å². The third-order valence-corrected chi connectivity index (χ3v) is 7.15. The largest absolute Gasteiger partial charge is 0.324 e. The van der Waals surface area contributed by atoms with Gasteiger partial charge in [0.25, 0.3) is 0 Å². The maximum atomic E-state index is 12.6. The van der Waals surface area contributed by atoms with Gasteiger partial charge in [0.1, 0.15) is 0 Å². The second kappa shape index (κ2) is 9.24. The van der Waals surface area contributed by atoms with E-state index in [1.165, 1.54) is 12.1 Å². The molecule has 2 aromatic carbocycles. The number of nitrogens with one attached hydrogen (secondary N) is 2. The topological polar surface area (TPSA) is 117 Å². The molecule has 1 aliphatic heterocycles. The third-order valence-electron chi connectivity index (χ3n) is 5.74. The Bertz CT molecular complexity index is 1490. The number of rotatable bonds is 6. The minimum atomic E-state index is -3.67. The first kappa shape index (κ1) is 22.6. The Morgan fingerprint density at radius 3 is 2.51 bits per heavy atom. The molecule has 2 aromatic heterocycles. The van der Waals surface area contributed by atoms with Crippen molar-refractivity contribution in [3.63, 3.8) is 0 Å². The maximum Gasteiger partial charge on any atom is 0.240 e. The van der Waals surface area contributed by atoms with Gasteiger partial charge in [0.05, 0.1) is 22.7 Å². The molecule has 35 heavy (non-hydrogen) atoms. The van der Waals surface area contributed by atoms with Crippen molar-refractivity contribution in [1.82, 2.24) is 19.7 Å². The molecular weight excluding hydrogens is 464 g/mol. The summed E-state index contributed by atoms with van der Waals surface area (Å²) >= 11 is 0. The Balaban J connectivity index is 1.36. The number of pyridine rings is 1. The summed E-state index contributed by atoms with van der Waals surface area (Å²) in [5.41, 5.74) is 4.52. The Hall–Kier alpha value is -4.15. The molecule has 1 aliphatic rings. The molecule has 0 fully saturated rings. The maximum absolute atomic E-state index is 12.6. The van der Waals surface area contributed by atoms with E-state index >= 15 is 0 Å². The van der Waals surface area contributed by atoms with E-state index in [2.05, 4.69) is 25.0 Å². The Labute approximate surface area is 202 Å². The molecule has 0 atom stereocenters. The van der Waals surface area contributed by atoms with E-state index in [4.69, 9.17) is 0 Å². The quantitative estimate of drug-likeness (QED) is 0.429. The van der Waals surface area contributed by atoms with Crippen LogP contribution in [0.15, 0.2) is 84.1 Å². The summed E-state index contributed by atoms with van der Waals surface area (Å²) in [6.45, 7) is 0.174. The predicted octanol–water partition coefficient (Wildman–Crippen LogP) is 3.28. The van der Waals surface area contributed by atoms with Crippen LogP contribution in [-0.2, 0) is 27.8 Å². The number of hydrogen-bond donors (Lipinski definition) is 2. The average molecular weight is 487 g/mol. The van der Waals surface area contributed by atoms with Crippen molar-refractivity contribution in [2.75, 3.05) is 17.3 Å². The van der Waals surface area contributed by atoms with Crippen molar-refractivity contribution in [2.24, 2.45) is 0 Å². The van der Waals surface area contributed by atoms with Crippen LogP contribution in [0.25, 0.3) is 11.3 Å². The van der Waals surface area contributed by atoms with Crippen molar-refractivity contribution in [2.45, 2.75) is 17.9 Å². The van der Waals surface area contributed by atoms with Gasteiger partial charge in [-0.1, -0.05) is 18.2 Å².